The highest BCUT2D eigenvalue weighted by atomic mass is 19.4. The Kier molecular flexibility index (Phi) is 5.28. The van der Waals surface area contributed by atoms with Gasteiger partial charge in [0, 0.05) is 12.6 Å². The average Bonchev–Trinajstić information content (AvgIpc) is 2.47. The maximum atomic E-state index is 12.6. The van der Waals surface area contributed by atoms with Crippen LogP contribution < -0.4 is 10.6 Å². The normalized spacial score (nSPS) is 22.2. The van der Waals surface area contributed by atoms with Crippen LogP contribution in [0.25, 0.3) is 0 Å². The number of halogens is 3. The number of carbonyl (C=O) groups is 1. The lowest BCUT2D eigenvalue weighted by atomic mass is 9.93. The van der Waals surface area contributed by atoms with E-state index in [-0.39, 0.29) is 18.7 Å². The second kappa shape index (κ2) is 7.00. The minimum absolute atomic E-state index is 0.00455. The molecule has 4 nitrogen and oxygen atoms in total. The van der Waals surface area contributed by atoms with Gasteiger partial charge >= 0.3 is 12.2 Å². The second-order valence-corrected chi connectivity index (χ2v) is 5.53. The Morgan fingerprint density at radius 2 is 1.91 bits per heavy atom. The first-order valence-corrected chi connectivity index (χ1v) is 7.23. The maximum Gasteiger partial charge on any atom is 0.416 e. The summed E-state index contributed by atoms with van der Waals surface area (Å²) in [5.74, 6) is 0. The van der Waals surface area contributed by atoms with Gasteiger partial charge in [-0.3, -0.25) is 0 Å². The number of amides is 2. The van der Waals surface area contributed by atoms with E-state index < -0.39 is 17.8 Å². The molecule has 0 atom stereocenters. The molecule has 7 heteroatoms. The Labute approximate surface area is 126 Å². The zero-order valence-corrected chi connectivity index (χ0v) is 12.0. The molecule has 0 heterocycles. The third kappa shape index (κ3) is 4.91. The molecule has 0 saturated heterocycles. The highest BCUT2D eigenvalue weighted by molar-refractivity contribution is 5.74. The molecule has 0 aliphatic heterocycles. The van der Waals surface area contributed by atoms with Crippen LogP contribution >= 0.6 is 0 Å². The fraction of sp³-hybridized carbons (Fsp3) is 0.533. The fourth-order valence-electron chi connectivity index (χ4n) is 2.50. The maximum absolute atomic E-state index is 12.6. The van der Waals surface area contributed by atoms with Gasteiger partial charge in [0.15, 0.2) is 0 Å². The molecule has 0 aromatic heterocycles. The molecule has 1 saturated carbocycles. The highest BCUT2D eigenvalue weighted by Crippen LogP contribution is 2.29. The third-order valence-electron chi connectivity index (χ3n) is 3.74. The van der Waals surface area contributed by atoms with Gasteiger partial charge in [0.05, 0.1) is 11.7 Å². The first-order valence-electron chi connectivity index (χ1n) is 7.23. The van der Waals surface area contributed by atoms with E-state index in [1.807, 2.05) is 0 Å². The van der Waals surface area contributed by atoms with Crippen LogP contribution in [0.4, 0.5) is 18.0 Å². The van der Waals surface area contributed by atoms with Crippen molar-refractivity contribution in [2.24, 2.45) is 0 Å². The molecule has 22 heavy (non-hydrogen) atoms. The molecular formula is C15H19F3N2O2. The molecule has 122 valence electrons. The standard InChI is InChI=1S/C15H19F3N2O2/c16-15(17,18)11-3-1-2-10(8-11)9-19-14(22)20-12-4-6-13(21)7-5-12/h1-3,8,12-13,21H,4-7,9H2,(H2,19,20,22). The largest absolute Gasteiger partial charge is 0.416 e. The van der Waals surface area contributed by atoms with Crippen molar-refractivity contribution in [3.8, 4) is 0 Å². The van der Waals surface area contributed by atoms with Gasteiger partial charge in [-0.2, -0.15) is 13.2 Å². The average molecular weight is 316 g/mol. The Bertz CT molecular complexity index is 512. The van der Waals surface area contributed by atoms with Crippen LogP contribution in [0.3, 0.4) is 0 Å². The van der Waals surface area contributed by atoms with Crippen LogP contribution in [-0.4, -0.2) is 23.3 Å². The van der Waals surface area contributed by atoms with Crippen LogP contribution in [-0.2, 0) is 12.7 Å². The Balaban J connectivity index is 1.81. The van der Waals surface area contributed by atoms with Crippen molar-refractivity contribution in [1.82, 2.24) is 10.6 Å². The number of urea groups is 1. The van der Waals surface area contributed by atoms with Crippen molar-refractivity contribution >= 4 is 6.03 Å². The minimum Gasteiger partial charge on any atom is -0.393 e. The molecule has 0 spiro atoms. The van der Waals surface area contributed by atoms with E-state index in [2.05, 4.69) is 10.6 Å². The molecule has 3 N–H and O–H groups in total. The zero-order valence-electron chi connectivity index (χ0n) is 12.0. The summed E-state index contributed by atoms with van der Waals surface area (Å²) in [7, 11) is 0. The van der Waals surface area contributed by atoms with Gasteiger partial charge in [-0.05, 0) is 43.4 Å². The fourth-order valence-corrected chi connectivity index (χ4v) is 2.50. The van der Waals surface area contributed by atoms with Crippen LogP contribution in [0.2, 0.25) is 0 Å². The smallest absolute Gasteiger partial charge is 0.393 e. The summed E-state index contributed by atoms with van der Waals surface area (Å²) in [6, 6.07) is 4.48. The molecule has 2 rings (SSSR count). The number of aliphatic hydroxyl groups is 1. The van der Waals surface area contributed by atoms with Crippen molar-refractivity contribution in [2.45, 2.75) is 50.6 Å². The Morgan fingerprint density at radius 1 is 1.23 bits per heavy atom. The number of nitrogens with one attached hydrogen (secondary N) is 2. The highest BCUT2D eigenvalue weighted by Gasteiger charge is 2.30. The summed E-state index contributed by atoms with van der Waals surface area (Å²) < 4.78 is 37.8. The van der Waals surface area contributed by atoms with Crippen molar-refractivity contribution in [1.29, 1.82) is 0 Å². The van der Waals surface area contributed by atoms with Gasteiger partial charge in [-0.25, -0.2) is 4.79 Å². The molecule has 0 bridgehead atoms. The number of carbonyl (C=O) groups excluding carboxylic acids is 1. The molecule has 1 aliphatic rings. The molecule has 1 fully saturated rings. The predicted octanol–water partition coefficient (Wildman–Crippen LogP) is 2.81. The van der Waals surface area contributed by atoms with Gasteiger partial charge in [0.1, 0.15) is 0 Å². The van der Waals surface area contributed by atoms with Crippen molar-refractivity contribution in [3.05, 3.63) is 35.4 Å². The molecule has 2 amide bonds. The van der Waals surface area contributed by atoms with Gasteiger partial charge in [0.25, 0.3) is 0 Å². The SMILES string of the molecule is O=C(NCc1cccc(C(F)(F)F)c1)NC1CCC(O)CC1. The van der Waals surface area contributed by atoms with Crippen LogP contribution in [0, 0.1) is 0 Å². The van der Waals surface area contributed by atoms with Gasteiger partial charge in [-0.1, -0.05) is 12.1 Å². The lowest BCUT2D eigenvalue weighted by molar-refractivity contribution is -0.137. The molecule has 1 aromatic carbocycles. The summed E-state index contributed by atoms with van der Waals surface area (Å²) in [6.07, 6.45) is -1.97. The van der Waals surface area contributed by atoms with Crippen LogP contribution in [0.1, 0.15) is 36.8 Å². The quantitative estimate of drug-likeness (QED) is 0.803. The van der Waals surface area contributed by atoms with Gasteiger partial charge < -0.3 is 15.7 Å². The second-order valence-electron chi connectivity index (χ2n) is 5.53. The number of hydrogen-bond acceptors (Lipinski definition) is 2. The number of alkyl halides is 3. The summed E-state index contributed by atoms with van der Waals surface area (Å²) in [5, 5.41) is 14.7. The summed E-state index contributed by atoms with van der Waals surface area (Å²) in [4.78, 5) is 11.7. The lowest BCUT2D eigenvalue weighted by Gasteiger charge is -2.26. The predicted molar refractivity (Wildman–Crippen MR) is 75.1 cm³/mol. The molecule has 0 unspecified atom stereocenters. The summed E-state index contributed by atoms with van der Waals surface area (Å²) in [5.41, 5.74) is -0.336. The molecule has 1 aromatic rings. The van der Waals surface area contributed by atoms with E-state index in [1.54, 1.807) is 0 Å². The monoisotopic (exact) mass is 316 g/mol. The topological polar surface area (TPSA) is 61.4 Å². The van der Waals surface area contributed by atoms with Crippen molar-refractivity contribution in [3.63, 3.8) is 0 Å². The van der Waals surface area contributed by atoms with E-state index in [9.17, 15) is 23.1 Å². The molecule has 0 radical (unpaired) electrons. The molecular weight excluding hydrogens is 297 g/mol. The van der Waals surface area contributed by atoms with Crippen LogP contribution in [0.15, 0.2) is 24.3 Å². The van der Waals surface area contributed by atoms with E-state index in [0.717, 1.165) is 12.1 Å². The van der Waals surface area contributed by atoms with E-state index >= 15 is 0 Å². The zero-order chi connectivity index (χ0) is 16.2. The van der Waals surface area contributed by atoms with Crippen molar-refractivity contribution in [2.75, 3.05) is 0 Å². The van der Waals surface area contributed by atoms with Crippen LogP contribution in [0.5, 0.6) is 0 Å². The third-order valence-corrected chi connectivity index (χ3v) is 3.74. The number of aliphatic hydroxyl groups excluding tert-OH is 1. The number of benzene rings is 1. The Hall–Kier alpha value is -1.76. The van der Waals surface area contributed by atoms with E-state index in [1.165, 1.54) is 12.1 Å². The Morgan fingerprint density at radius 3 is 2.55 bits per heavy atom. The first-order chi connectivity index (χ1) is 10.3. The number of rotatable bonds is 3. The van der Waals surface area contributed by atoms with Gasteiger partial charge in [0.2, 0.25) is 0 Å². The summed E-state index contributed by atoms with van der Waals surface area (Å²) >= 11 is 0. The van der Waals surface area contributed by atoms with E-state index in [4.69, 9.17) is 0 Å². The van der Waals surface area contributed by atoms with Gasteiger partial charge in [-0.15, -0.1) is 0 Å². The minimum atomic E-state index is -4.39. The molecule has 1 aliphatic carbocycles. The number of hydrogen-bond donors (Lipinski definition) is 3. The van der Waals surface area contributed by atoms with Crippen molar-refractivity contribution < 1.29 is 23.1 Å². The first kappa shape index (κ1) is 16.6. The lowest BCUT2D eigenvalue weighted by Crippen LogP contribution is -2.43. The summed E-state index contributed by atoms with van der Waals surface area (Å²) in [6.45, 7) is 0.0328. The van der Waals surface area contributed by atoms with E-state index in [0.29, 0.717) is 31.2 Å².